The average Bonchev–Trinajstić information content (AvgIpc) is 1.61. The summed E-state index contributed by atoms with van der Waals surface area (Å²) in [6, 6.07) is 0. The monoisotopic (exact) mass is 104 g/mol. The highest BCUT2D eigenvalue weighted by Crippen LogP contribution is 1.77. The molecular weight excluding hydrogens is 92.1 g/mol. The van der Waals surface area contributed by atoms with Gasteiger partial charge in [-0.1, -0.05) is 7.43 Å². The molecule has 44 valence electrons. The van der Waals surface area contributed by atoms with E-state index in [1.165, 1.54) is 0 Å². The molecule has 0 atom stereocenters. The summed E-state index contributed by atoms with van der Waals surface area (Å²) in [4.78, 5) is 9.45. The minimum atomic E-state index is 0. The Morgan fingerprint density at radius 1 is 1.57 bits per heavy atom. The second-order valence-corrected chi connectivity index (χ2v) is 1.03. The van der Waals surface area contributed by atoms with Crippen molar-refractivity contribution in [2.45, 2.75) is 20.3 Å². The first-order valence-corrected chi connectivity index (χ1v) is 1.96. The molecule has 0 aromatic rings. The molecule has 0 fully saturated rings. The van der Waals surface area contributed by atoms with Crippen LogP contribution in [0.2, 0.25) is 0 Å². The average molecular weight is 104 g/mol. The molecule has 0 spiro atoms. The summed E-state index contributed by atoms with van der Waals surface area (Å²) < 4.78 is 0. The van der Waals surface area contributed by atoms with Crippen LogP contribution in [0, 0.1) is 0 Å². The summed E-state index contributed by atoms with van der Waals surface area (Å²) >= 11 is 0. The van der Waals surface area contributed by atoms with E-state index >= 15 is 0 Å². The van der Waals surface area contributed by atoms with Crippen LogP contribution >= 0.6 is 0 Å². The van der Waals surface area contributed by atoms with Crippen molar-refractivity contribution in [3.63, 3.8) is 0 Å². The number of hydrogen-bond acceptors (Lipinski definition) is 2. The predicted octanol–water partition coefficient (Wildman–Crippen LogP) is 0.594. The third kappa shape index (κ3) is 10.7. The van der Waals surface area contributed by atoms with Crippen molar-refractivity contribution in [1.29, 1.82) is 0 Å². The molecule has 2 nitrogen and oxygen atoms in total. The topological polar surface area (TPSA) is 37.3 Å². The van der Waals surface area contributed by atoms with Gasteiger partial charge in [0.2, 0.25) is 0 Å². The molecule has 0 heterocycles. The van der Waals surface area contributed by atoms with Crippen molar-refractivity contribution in [3.05, 3.63) is 0 Å². The Hall–Kier alpha value is -0.370. The van der Waals surface area contributed by atoms with E-state index in [0.717, 1.165) is 6.29 Å². The van der Waals surface area contributed by atoms with Crippen LogP contribution in [0.4, 0.5) is 0 Å². The quantitative estimate of drug-likeness (QED) is 0.420. The van der Waals surface area contributed by atoms with E-state index < -0.39 is 0 Å². The van der Waals surface area contributed by atoms with Crippen molar-refractivity contribution < 1.29 is 9.90 Å². The van der Waals surface area contributed by atoms with E-state index in [4.69, 9.17) is 5.11 Å². The van der Waals surface area contributed by atoms with Crippen LogP contribution in [0.15, 0.2) is 0 Å². The van der Waals surface area contributed by atoms with Crippen LogP contribution in [0.3, 0.4) is 0 Å². The highest BCUT2D eigenvalue weighted by atomic mass is 16.3. The van der Waals surface area contributed by atoms with E-state index in [9.17, 15) is 4.79 Å². The Balaban J connectivity index is 0. The fourth-order valence-electron chi connectivity index (χ4n) is 0.175. The van der Waals surface area contributed by atoms with Crippen LogP contribution in [0.5, 0.6) is 0 Å². The Morgan fingerprint density at radius 3 is 2.29 bits per heavy atom. The van der Waals surface area contributed by atoms with Crippen LogP contribution in [-0.4, -0.2) is 18.0 Å². The number of aldehydes is 1. The van der Waals surface area contributed by atoms with Crippen molar-refractivity contribution >= 4 is 6.29 Å². The van der Waals surface area contributed by atoms with Crippen molar-refractivity contribution in [3.8, 4) is 0 Å². The third-order valence-corrected chi connectivity index (χ3v) is 0.480. The summed E-state index contributed by atoms with van der Waals surface area (Å²) in [6.45, 7) is 0.124. The van der Waals surface area contributed by atoms with Gasteiger partial charge in [-0.2, -0.15) is 0 Å². The first-order valence-electron chi connectivity index (χ1n) is 1.96. The van der Waals surface area contributed by atoms with Crippen LogP contribution < -0.4 is 0 Å². The molecule has 0 rings (SSSR count). The maximum absolute atomic E-state index is 9.45. The second kappa shape index (κ2) is 9.16. The van der Waals surface area contributed by atoms with Gasteiger partial charge >= 0.3 is 0 Å². The molecule has 0 aliphatic carbocycles. The number of carbonyl (C=O) groups is 1. The number of unbranched alkanes of at least 4 members (excludes halogenated alkanes) is 1. The van der Waals surface area contributed by atoms with Gasteiger partial charge in [0, 0.05) is 13.0 Å². The minimum absolute atomic E-state index is 0. The van der Waals surface area contributed by atoms with E-state index in [1.807, 2.05) is 0 Å². The van der Waals surface area contributed by atoms with Gasteiger partial charge in [0.25, 0.3) is 0 Å². The zero-order valence-electron chi connectivity index (χ0n) is 3.55. The molecule has 0 radical (unpaired) electrons. The van der Waals surface area contributed by atoms with Crippen LogP contribution in [-0.2, 0) is 4.79 Å². The highest BCUT2D eigenvalue weighted by Gasteiger charge is 1.76. The highest BCUT2D eigenvalue weighted by molar-refractivity contribution is 5.48. The molecule has 0 saturated heterocycles. The van der Waals surface area contributed by atoms with E-state index in [0.29, 0.717) is 12.8 Å². The molecule has 1 N–H and O–H groups in total. The fourth-order valence-corrected chi connectivity index (χ4v) is 0.175. The lowest BCUT2D eigenvalue weighted by Gasteiger charge is -1.79. The van der Waals surface area contributed by atoms with Gasteiger partial charge in [0.15, 0.2) is 0 Å². The fraction of sp³-hybridized carbons (Fsp3) is 0.800. The maximum atomic E-state index is 9.45. The minimum Gasteiger partial charge on any atom is -0.396 e. The van der Waals surface area contributed by atoms with E-state index in [2.05, 4.69) is 0 Å². The lowest BCUT2D eigenvalue weighted by molar-refractivity contribution is -0.108. The molecule has 2 heteroatoms. The Bertz CT molecular complexity index is 35.1. The SMILES string of the molecule is C.O=CCCCO. The van der Waals surface area contributed by atoms with Gasteiger partial charge in [0.05, 0.1) is 0 Å². The van der Waals surface area contributed by atoms with Gasteiger partial charge in [-0.15, -0.1) is 0 Å². The summed E-state index contributed by atoms with van der Waals surface area (Å²) in [5.41, 5.74) is 0. The van der Waals surface area contributed by atoms with Gasteiger partial charge in [-0.25, -0.2) is 0 Å². The number of aliphatic hydroxyl groups is 1. The molecular formula is C5H12O2. The molecule has 0 aliphatic heterocycles. The van der Waals surface area contributed by atoms with Gasteiger partial charge in [-0.3, -0.25) is 0 Å². The molecule has 7 heavy (non-hydrogen) atoms. The molecule has 0 aliphatic rings. The molecule has 0 unspecified atom stereocenters. The first-order chi connectivity index (χ1) is 2.91. The zero-order valence-corrected chi connectivity index (χ0v) is 3.55. The summed E-state index contributed by atoms with van der Waals surface area (Å²) in [5.74, 6) is 0. The number of hydrogen-bond donors (Lipinski definition) is 1. The molecule has 0 aromatic carbocycles. The zero-order chi connectivity index (χ0) is 4.83. The van der Waals surface area contributed by atoms with Crippen LogP contribution in [0.25, 0.3) is 0 Å². The standard InChI is InChI=1S/C4H8O2.CH4/c5-3-1-2-4-6;/h3,6H,1-2,4H2;1H4. The van der Waals surface area contributed by atoms with Crippen LogP contribution in [0.1, 0.15) is 20.3 Å². The normalized spacial score (nSPS) is 7.00. The molecule has 0 aromatic heterocycles. The summed E-state index contributed by atoms with van der Waals surface area (Å²) in [7, 11) is 0. The van der Waals surface area contributed by atoms with Gasteiger partial charge in [0.1, 0.15) is 6.29 Å². The summed E-state index contributed by atoms with van der Waals surface area (Å²) in [5, 5.41) is 8.04. The Morgan fingerprint density at radius 2 is 2.14 bits per heavy atom. The van der Waals surface area contributed by atoms with Crippen molar-refractivity contribution in [2.24, 2.45) is 0 Å². The lowest BCUT2D eigenvalue weighted by atomic mass is 10.4. The third-order valence-electron chi connectivity index (χ3n) is 0.480. The molecule has 0 amide bonds. The number of rotatable bonds is 3. The summed E-state index contributed by atoms with van der Waals surface area (Å²) in [6.07, 6.45) is 1.89. The maximum Gasteiger partial charge on any atom is 0.120 e. The molecule has 0 saturated carbocycles. The van der Waals surface area contributed by atoms with E-state index in [-0.39, 0.29) is 14.0 Å². The van der Waals surface area contributed by atoms with Crippen molar-refractivity contribution in [2.75, 3.05) is 6.61 Å². The molecule has 0 bridgehead atoms. The largest absolute Gasteiger partial charge is 0.396 e. The second-order valence-electron chi connectivity index (χ2n) is 1.03. The lowest BCUT2D eigenvalue weighted by Crippen LogP contribution is -1.80. The number of carbonyl (C=O) groups excluding carboxylic acids is 1. The number of aliphatic hydroxyl groups excluding tert-OH is 1. The van der Waals surface area contributed by atoms with E-state index in [1.54, 1.807) is 0 Å². The Labute approximate surface area is 44.2 Å². The van der Waals surface area contributed by atoms with Crippen molar-refractivity contribution in [1.82, 2.24) is 0 Å². The van der Waals surface area contributed by atoms with Gasteiger partial charge in [-0.05, 0) is 6.42 Å². The predicted molar refractivity (Wildman–Crippen MR) is 29.1 cm³/mol. The van der Waals surface area contributed by atoms with Gasteiger partial charge < -0.3 is 9.90 Å². The first kappa shape index (κ1) is 9.80. The smallest absolute Gasteiger partial charge is 0.120 e. The Kier molecular flexibility index (Phi) is 12.8.